The molecule has 0 amide bonds. The Balaban J connectivity index is 1.06. The first kappa shape index (κ1) is 29.9. The molecule has 0 bridgehead atoms. The fourth-order valence-corrected chi connectivity index (χ4v) is 7.59. The molecule has 2 aromatic heterocycles. The summed E-state index contributed by atoms with van der Waals surface area (Å²) in [4.78, 5) is 14.7. The van der Waals surface area contributed by atoms with E-state index in [1.165, 1.54) is 55.3 Å². The zero-order valence-corrected chi connectivity index (χ0v) is 28.2. The van der Waals surface area contributed by atoms with E-state index in [0.29, 0.717) is 5.82 Å². The molecule has 0 atom stereocenters. The van der Waals surface area contributed by atoms with Crippen molar-refractivity contribution in [2.75, 3.05) is 0 Å². The van der Waals surface area contributed by atoms with Crippen LogP contribution in [0, 0.1) is 0 Å². The fourth-order valence-electron chi connectivity index (χ4n) is 7.59. The lowest BCUT2D eigenvalue weighted by molar-refractivity contribution is 1.18. The highest BCUT2D eigenvalue weighted by Crippen LogP contribution is 2.49. The molecule has 52 heavy (non-hydrogen) atoms. The lowest BCUT2D eigenvalue weighted by atomic mass is 9.94. The van der Waals surface area contributed by atoms with Crippen LogP contribution in [-0.2, 0) is 0 Å². The fraction of sp³-hybridized carbons (Fsp3) is 0. The second-order valence-electron chi connectivity index (χ2n) is 13.2. The van der Waals surface area contributed by atoms with Crippen molar-refractivity contribution in [3.05, 3.63) is 188 Å². The van der Waals surface area contributed by atoms with Crippen LogP contribution >= 0.6 is 0 Å². The molecule has 1 aliphatic carbocycles. The van der Waals surface area contributed by atoms with E-state index >= 15 is 0 Å². The van der Waals surface area contributed by atoms with Crippen LogP contribution in [0.15, 0.2) is 188 Å². The average Bonchev–Trinajstić information content (AvgIpc) is 3.56. The first-order valence-electron chi connectivity index (χ1n) is 17.6. The van der Waals surface area contributed by atoms with Crippen molar-refractivity contribution in [2.45, 2.75) is 0 Å². The van der Waals surface area contributed by atoms with Gasteiger partial charge in [-0.15, -0.1) is 0 Å². The van der Waals surface area contributed by atoms with Gasteiger partial charge in [0, 0.05) is 34.6 Å². The van der Waals surface area contributed by atoms with Gasteiger partial charge in [0.05, 0.1) is 11.4 Å². The molecule has 0 N–H and O–H groups in total. The first-order valence-corrected chi connectivity index (χ1v) is 17.6. The van der Waals surface area contributed by atoms with E-state index in [2.05, 4.69) is 169 Å². The van der Waals surface area contributed by atoms with Crippen LogP contribution in [0.2, 0.25) is 0 Å². The predicted octanol–water partition coefficient (Wildman–Crippen LogP) is 12.7. The summed E-state index contributed by atoms with van der Waals surface area (Å²) < 4.78 is 0. The number of pyridine rings is 1. The summed E-state index contributed by atoms with van der Waals surface area (Å²) in [6.45, 7) is 0. The Morgan fingerprint density at radius 1 is 0.308 bits per heavy atom. The monoisotopic (exact) mass is 661 g/mol. The third-order valence-corrected chi connectivity index (χ3v) is 10.2. The Bertz CT molecular complexity index is 2720. The second kappa shape index (κ2) is 12.4. The van der Waals surface area contributed by atoms with E-state index in [4.69, 9.17) is 9.97 Å². The van der Waals surface area contributed by atoms with Gasteiger partial charge in [-0.25, -0.2) is 9.97 Å². The summed E-state index contributed by atoms with van der Waals surface area (Å²) in [5.74, 6) is 0.689. The summed E-state index contributed by atoms with van der Waals surface area (Å²) in [5, 5.41) is 2.60. The molecule has 0 spiro atoms. The van der Waals surface area contributed by atoms with Crippen LogP contribution in [0.5, 0.6) is 0 Å². The zero-order chi connectivity index (χ0) is 34.4. The van der Waals surface area contributed by atoms with Crippen molar-refractivity contribution in [3.8, 4) is 89.5 Å². The molecule has 3 heteroatoms. The third kappa shape index (κ3) is 5.19. The van der Waals surface area contributed by atoms with Crippen molar-refractivity contribution in [2.24, 2.45) is 0 Å². The van der Waals surface area contributed by atoms with Crippen LogP contribution in [0.3, 0.4) is 0 Å². The number of aromatic nitrogens is 3. The van der Waals surface area contributed by atoms with Gasteiger partial charge in [-0.2, -0.15) is 0 Å². The summed E-state index contributed by atoms with van der Waals surface area (Å²) >= 11 is 0. The summed E-state index contributed by atoms with van der Waals surface area (Å²) in [7, 11) is 0. The highest BCUT2D eigenvalue weighted by Gasteiger charge is 2.22. The maximum absolute atomic E-state index is 5.18. The van der Waals surface area contributed by atoms with Gasteiger partial charge < -0.3 is 0 Å². The standard InChI is InChI=1S/C49H31N3/c1-2-9-32(10-3-1)33-18-22-35(23-19-33)46-30-47(38-12-6-11-37(29-38)39-13-8-28-50-31-39)52-49(51-46)36-24-20-34(21-25-36)40-26-27-45-42-15-5-4-14-41(42)44-17-7-16-43(40)48(44)45/h1-31H. The molecule has 7 aromatic carbocycles. The molecule has 0 saturated carbocycles. The molecule has 0 unspecified atom stereocenters. The van der Waals surface area contributed by atoms with Crippen molar-refractivity contribution in [3.63, 3.8) is 0 Å². The maximum atomic E-state index is 5.18. The largest absolute Gasteiger partial charge is 0.264 e. The minimum Gasteiger partial charge on any atom is -0.264 e. The van der Waals surface area contributed by atoms with Gasteiger partial charge in [-0.05, 0) is 79.0 Å². The number of nitrogens with zero attached hydrogens (tertiary/aromatic N) is 3. The molecule has 0 saturated heterocycles. The van der Waals surface area contributed by atoms with Crippen LogP contribution < -0.4 is 0 Å². The van der Waals surface area contributed by atoms with Gasteiger partial charge in [-0.3, -0.25) is 4.98 Å². The highest BCUT2D eigenvalue weighted by molar-refractivity contribution is 6.18. The molecule has 0 radical (unpaired) electrons. The van der Waals surface area contributed by atoms with Gasteiger partial charge in [0.25, 0.3) is 0 Å². The number of benzene rings is 7. The van der Waals surface area contributed by atoms with Crippen LogP contribution in [0.1, 0.15) is 0 Å². The summed E-state index contributed by atoms with van der Waals surface area (Å²) in [6.07, 6.45) is 3.70. The Kier molecular flexibility index (Phi) is 7.14. The number of fused-ring (bicyclic) bond motifs is 3. The Morgan fingerprint density at radius 3 is 1.63 bits per heavy atom. The minimum atomic E-state index is 0.689. The zero-order valence-electron chi connectivity index (χ0n) is 28.2. The van der Waals surface area contributed by atoms with Crippen molar-refractivity contribution >= 4 is 10.8 Å². The van der Waals surface area contributed by atoms with E-state index < -0.39 is 0 Å². The van der Waals surface area contributed by atoms with Crippen LogP contribution in [-0.4, -0.2) is 15.0 Å². The Labute approximate surface area is 302 Å². The smallest absolute Gasteiger partial charge is 0.160 e. The molecular weight excluding hydrogens is 631 g/mol. The second-order valence-corrected chi connectivity index (χ2v) is 13.2. The lowest BCUT2D eigenvalue weighted by Crippen LogP contribution is -1.96. The summed E-state index contributed by atoms with van der Waals surface area (Å²) in [6, 6.07) is 62.4. The normalized spacial score (nSPS) is 11.5. The third-order valence-electron chi connectivity index (χ3n) is 10.2. The Morgan fingerprint density at radius 2 is 0.865 bits per heavy atom. The van der Waals surface area contributed by atoms with Gasteiger partial charge in [0.2, 0.25) is 0 Å². The minimum absolute atomic E-state index is 0.689. The topological polar surface area (TPSA) is 38.7 Å². The quantitative estimate of drug-likeness (QED) is 0.178. The number of hydrogen-bond donors (Lipinski definition) is 0. The maximum Gasteiger partial charge on any atom is 0.160 e. The van der Waals surface area contributed by atoms with Gasteiger partial charge >= 0.3 is 0 Å². The van der Waals surface area contributed by atoms with Crippen molar-refractivity contribution in [1.82, 2.24) is 15.0 Å². The molecule has 0 aliphatic heterocycles. The molecule has 3 nitrogen and oxygen atoms in total. The lowest BCUT2D eigenvalue weighted by Gasteiger charge is -2.12. The number of rotatable bonds is 6. The van der Waals surface area contributed by atoms with Crippen LogP contribution in [0.25, 0.3) is 100 Å². The highest BCUT2D eigenvalue weighted by atomic mass is 14.9. The average molecular weight is 662 g/mol. The molecule has 2 heterocycles. The molecule has 1 aliphatic rings. The molecule has 10 rings (SSSR count). The predicted molar refractivity (Wildman–Crippen MR) is 214 cm³/mol. The summed E-state index contributed by atoms with van der Waals surface area (Å²) in [5.41, 5.74) is 16.9. The van der Waals surface area contributed by atoms with E-state index in [1.54, 1.807) is 6.20 Å². The molecule has 242 valence electrons. The SMILES string of the molecule is c1ccc(-c2ccc(-c3cc(-c4cccc(-c5cccnc5)c4)nc(-c4ccc(-c5ccc6c7c(cccc57)-c5ccccc5-6)cc4)n3)cc2)cc1. The van der Waals surface area contributed by atoms with Crippen LogP contribution in [0.4, 0.5) is 0 Å². The molecule has 9 aromatic rings. The molecule has 0 fully saturated rings. The van der Waals surface area contributed by atoms with Crippen molar-refractivity contribution in [1.29, 1.82) is 0 Å². The Hall–Kier alpha value is -6.97. The van der Waals surface area contributed by atoms with E-state index in [0.717, 1.165) is 39.2 Å². The van der Waals surface area contributed by atoms with E-state index in [9.17, 15) is 0 Å². The van der Waals surface area contributed by atoms with Gasteiger partial charge in [0.15, 0.2) is 5.82 Å². The molecular formula is C49H31N3. The van der Waals surface area contributed by atoms with E-state index in [-0.39, 0.29) is 0 Å². The van der Waals surface area contributed by atoms with E-state index in [1.807, 2.05) is 18.3 Å². The number of hydrogen-bond acceptors (Lipinski definition) is 3. The van der Waals surface area contributed by atoms with Gasteiger partial charge in [0.1, 0.15) is 0 Å². The van der Waals surface area contributed by atoms with Gasteiger partial charge in [-0.1, -0.05) is 158 Å². The first-order chi connectivity index (χ1) is 25.8. The van der Waals surface area contributed by atoms with Crippen molar-refractivity contribution < 1.29 is 0 Å².